The molecule has 0 fully saturated rings. The van der Waals surface area contributed by atoms with Gasteiger partial charge >= 0.3 is 12.4 Å². The highest BCUT2D eigenvalue weighted by atomic mass is 19.4. The molecule has 1 aromatic carbocycles. The second-order valence-corrected chi connectivity index (χ2v) is 6.93. The molecule has 0 saturated carbocycles. The van der Waals surface area contributed by atoms with Gasteiger partial charge in [0.1, 0.15) is 12.5 Å². The molecule has 0 heterocycles. The second-order valence-electron chi connectivity index (χ2n) is 6.93. The van der Waals surface area contributed by atoms with Crippen LogP contribution in [0.25, 0.3) is 0 Å². The number of aryl methyl sites for hydroxylation is 2. The lowest BCUT2D eigenvalue weighted by Gasteiger charge is -2.37. The first-order chi connectivity index (χ1) is 13.5. The van der Waals surface area contributed by atoms with E-state index in [0.717, 1.165) is 38.5 Å². The maximum atomic E-state index is 13.8. The quantitative estimate of drug-likeness (QED) is 0.251. The minimum absolute atomic E-state index is 0.0365. The van der Waals surface area contributed by atoms with Crippen LogP contribution in [0.5, 0.6) is 5.75 Å². The Balaban J connectivity index is 3.63. The van der Waals surface area contributed by atoms with Gasteiger partial charge in [0.2, 0.25) is 0 Å². The van der Waals surface area contributed by atoms with Crippen LogP contribution < -0.4 is 0 Å². The molecule has 0 unspecified atom stereocenters. The maximum absolute atomic E-state index is 13.8. The Morgan fingerprint density at radius 2 is 1.38 bits per heavy atom. The van der Waals surface area contributed by atoms with Gasteiger partial charge in [0.15, 0.2) is 0 Å². The van der Waals surface area contributed by atoms with Gasteiger partial charge in [0.05, 0.1) is 0 Å². The summed E-state index contributed by atoms with van der Waals surface area (Å²) in [5, 5.41) is 10.4. The van der Waals surface area contributed by atoms with E-state index in [2.05, 4.69) is 9.47 Å². The molecule has 9 heteroatoms. The van der Waals surface area contributed by atoms with Crippen molar-refractivity contribution < 1.29 is 40.9 Å². The highest BCUT2D eigenvalue weighted by molar-refractivity contribution is 5.47. The van der Waals surface area contributed by atoms with Crippen LogP contribution in [0.1, 0.15) is 62.6 Å². The summed E-state index contributed by atoms with van der Waals surface area (Å²) in [7, 11) is 0.940. The number of methoxy groups -OCH3 is 1. The fourth-order valence-corrected chi connectivity index (χ4v) is 3.24. The van der Waals surface area contributed by atoms with Crippen LogP contribution in [0.3, 0.4) is 0 Å². The lowest BCUT2D eigenvalue weighted by Crippen LogP contribution is -2.56. The molecule has 29 heavy (non-hydrogen) atoms. The Labute approximate surface area is 167 Å². The number of alkyl halides is 6. The second kappa shape index (κ2) is 10.5. The number of halogens is 6. The molecule has 0 atom stereocenters. The molecular formula is C20H28F6O3. The third kappa shape index (κ3) is 5.78. The van der Waals surface area contributed by atoms with Gasteiger partial charge < -0.3 is 14.6 Å². The van der Waals surface area contributed by atoms with Crippen molar-refractivity contribution in [3.8, 4) is 5.75 Å². The number of aromatic hydroxyl groups is 1. The number of hydrogen-bond acceptors (Lipinski definition) is 3. The lowest BCUT2D eigenvalue weighted by molar-refractivity contribution is -0.400. The molecule has 0 aliphatic rings. The van der Waals surface area contributed by atoms with E-state index >= 15 is 0 Å². The number of unbranched alkanes of at least 4 members (excludes halogenated alkanes) is 3. The van der Waals surface area contributed by atoms with Crippen LogP contribution in [0.15, 0.2) is 12.1 Å². The number of phenols is 1. The molecular weight excluding hydrogens is 402 g/mol. The summed E-state index contributed by atoms with van der Waals surface area (Å²) in [5.41, 5.74) is -5.55. The molecule has 0 spiro atoms. The van der Waals surface area contributed by atoms with Crippen LogP contribution in [0.2, 0.25) is 0 Å². The average Bonchev–Trinajstić information content (AvgIpc) is 2.60. The van der Waals surface area contributed by atoms with E-state index < -0.39 is 30.3 Å². The highest BCUT2D eigenvalue weighted by Gasteiger charge is 2.73. The van der Waals surface area contributed by atoms with Gasteiger partial charge in [-0.1, -0.05) is 39.5 Å². The van der Waals surface area contributed by atoms with Gasteiger partial charge in [0, 0.05) is 12.7 Å². The van der Waals surface area contributed by atoms with Crippen molar-refractivity contribution in [2.45, 2.75) is 76.7 Å². The fraction of sp³-hybridized carbons (Fsp3) is 0.700. The van der Waals surface area contributed by atoms with Gasteiger partial charge in [-0.05, 0) is 42.5 Å². The Kier molecular flexibility index (Phi) is 9.27. The molecule has 0 amide bonds. The number of hydrogen-bond donors (Lipinski definition) is 1. The third-order valence-electron chi connectivity index (χ3n) is 4.69. The summed E-state index contributed by atoms with van der Waals surface area (Å²) >= 11 is 0. The molecule has 1 rings (SSSR count). The Bertz CT molecular complexity index is 626. The predicted octanol–water partition coefficient (Wildman–Crippen LogP) is 6.41. The standard InChI is InChI=1S/C20H28F6O3/c1-4-6-7-8-10-15-12-16(11-14(9-5-2)17(15)27)18(19(21,22)23,20(24,25)26)29-13-28-3/h11-12,27H,4-10,13H2,1-3H3. The van der Waals surface area contributed by atoms with E-state index in [9.17, 15) is 31.4 Å². The SMILES string of the molecule is CCCCCCc1cc(C(OCOC)(C(F)(F)F)C(F)(F)F)cc(CCC)c1O. The van der Waals surface area contributed by atoms with Crippen molar-refractivity contribution in [1.29, 1.82) is 0 Å². The lowest BCUT2D eigenvalue weighted by atomic mass is 9.86. The number of benzene rings is 1. The fourth-order valence-electron chi connectivity index (χ4n) is 3.24. The highest BCUT2D eigenvalue weighted by Crippen LogP contribution is 2.53. The van der Waals surface area contributed by atoms with Crippen LogP contribution in [-0.2, 0) is 27.9 Å². The topological polar surface area (TPSA) is 38.7 Å². The van der Waals surface area contributed by atoms with E-state index in [-0.39, 0.29) is 29.7 Å². The van der Waals surface area contributed by atoms with Crippen LogP contribution in [-0.4, -0.2) is 31.4 Å². The van der Waals surface area contributed by atoms with Crippen LogP contribution in [0, 0.1) is 0 Å². The number of ether oxygens (including phenoxy) is 2. The third-order valence-corrected chi connectivity index (χ3v) is 4.69. The zero-order valence-corrected chi connectivity index (χ0v) is 16.8. The maximum Gasteiger partial charge on any atom is 0.430 e. The molecule has 168 valence electrons. The summed E-state index contributed by atoms with van der Waals surface area (Å²) in [4.78, 5) is 0. The van der Waals surface area contributed by atoms with E-state index in [1.54, 1.807) is 6.92 Å². The van der Waals surface area contributed by atoms with Crippen LogP contribution >= 0.6 is 0 Å². The number of phenolic OH excluding ortho intramolecular Hbond substituents is 1. The van der Waals surface area contributed by atoms with E-state index in [1.807, 2.05) is 6.92 Å². The Morgan fingerprint density at radius 1 is 0.828 bits per heavy atom. The van der Waals surface area contributed by atoms with E-state index in [0.29, 0.717) is 12.8 Å². The van der Waals surface area contributed by atoms with Gasteiger partial charge in [-0.2, -0.15) is 26.3 Å². The smallest absolute Gasteiger partial charge is 0.430 e. The molecule has 0 saturated heterocycles. The molecule has 1 aromatic rings. The van der Waals surface area contributed by atoms with E-state index in [1.165, 1.54) is 0 Å². The minimum Gasteiger partial charge on any atom is -0.507 e. The largest absolute Gasteiger partial charge is 0.507 e. The summed E-state index contributed by atoms with van der Waals surface area (Å²) in [6.07, 6.45) is -7.72. The predicted molar refractivity (Wildman–Crippen MR) is 96.7 cm³/mol. The van der Waals surface area contributed by atoms with Gasteiger partial charge in [0.25, 0.3) is 5.60 Å². The summed E-state index contributed by atoms with van der Waals surface area (Å²) in [6, 6.07) is 1.50. The monoisotopic (exact) mass is 430 g/mol. The minimum atomic E-state index is -5.79. The molecule has 0 aliphatic heterocycles. The van der Waals surface area contributed by atoms with Crippen molar-refractivity contribution in [2.75, 3.05) is 13.9 Å². The normalized spacial score (nSPS) is 13.1. The van der Waals surface area contributed by atoms with Crippen molar-refractivity contribution in [3.05, 3.63) is 28.8 Å². The van der Waals surface area contributed by atoms with Gasteiger partial charge in [-0.15, -0.1) is 0 Å². The average molecular weight is 430 g/mol. The zero-order valence-electron chi connectivity index (χ0n) is 16.8. The van der Waals surface area contributed by atoms with Gasteiger partial charge in [-0.25, -0.2) is 0 Å². The number of rotatable bonds is 11. The molecule has 0 radical (unpaired) electrons. The van der Waals surface area contributed by atoms with Crippen molar-refractivity contribution in [3.63, 3.8) is 0 Å². The van der Waals surface area contributed by atoms with Gasteiger partial charge in [-0.3, -0.25) is 0 Å². The van der Waals surface area contributed by atoms with Crippen molar-refractivity contribution in [2.24, 2.45) is 0 Å². The molecule has 0 bridgehead atoms. The Hall–Kier alpha value is -1.48. The first-order valence-electron chi connectivity index (χ1n) is 9.57. The molecule has 0 aliphatic carbocycles. The first kappa shape index (κ1) is 25.6. The Morgan fingerprint density at radius 3 is 1.83 bits per heavy atom. The van der Waals surface area contributed by atoms with Crippen molar-refractivity contribution in [1.82, 2.24) is 0 Å². The molecule has 0 aromatic heterocycles. The van der Waals surface area contributed by atoms with Crippen molar-refractivity contribution >= 4 is 0 Å². The molecule has 3 nitrogen and oxygen atoms in total. The van der Waals surface area contributed by atoms with E-state index in [4.69, 9.17) is 0 Å². The summed E-state index contributed by atoms with van der Waals surface area (Å²) < 4.78 is 91.6. The molecule has 1 N–H and O–H groups in total. The summed E-state index contributed by atoms with van der Waals surface area (Å²) in [6.45, 7) is 2.50. The summed E-state index contributed by atoms with van der Waals surface area (Å²) in [5.74, 6) is -0.253. The van der Waals surface area contributed by atoms with Crippen LogP contribution in [0.4, 0.5) is 26.3 Å². The first-order valence-corrected chi connectivity index (χ1v) is 9.57. The zero-order chi connectivity index (χ0) is 22.3.